The number of halogens is 2. The number of carbonyl (C=O) groups excluding carboxylic acids is 1. The summed E-state index contributed by atoms with van der Waals surface area (Å²) in [6.07, 6.45) is 2.00. The Morgan fingerprint density at radius 3 is 2.55 bits per heavy atom. The van der Waals surface area contributed by atoms with Crippen LogP contribution in [0.1, 0.15) is 34.9 Å². The molecule has 20 heavy (non-hydrogen) atoms. The van der Waals surface area contributed by atoms with Gasteiger partial charge in [-0.3, -0.25) is 0 Å². The maximum absolute atomic E-state index is 12.0. The Labute approximate surface area is 125 Å². The molecular formula is C13H11Cl2N3O2. The van der Waals surface area contributed by atoms with E-state index in [9.17, 15) is 4.79 Å². The van der Waals surface area contributed by atoms with Crippen molar-refractivity contribution in [2.24, 2.45) is 0 Å². The Morgan fingerprint density at radius 2 is 2.00 bits per heavy atom. The molecule has 7 heteroatoms. The third kappa shape index (κ3) is 2.17. The highest BCUT2D eigenvalue weighted by Gasteiger charge is 2.34. The van der Waals surface area contributed by atoms with E-state index in [2.05, 4.69) is 10.3 Å². The predicted molar refractivity (Wildman–Crippen MR) is 74.7 cm³/mol. The third-order valence-corrected chi connectivity index (χ3v) is 3.80. The van der Waals surface area contributed by atoms with E-state index < -0.39 is 5.97 Å². The molecule has 3 rings (SSSR count). The number of rotatable bonds is 3. The molecule has 0 radical (unpaired) electrons. The van der Waals surface area contributed by atoms with Crippen molar-refractivity contribution >= 4 is 29.2 Å². The number of hydrogen-bond donors (Lipinski definition) is 0. The van der Waals surface area contributed by atoms with Crippen LogP contribution in [0.25, 0.3) is 5.69 Å². The minimum absolute atomic E-state index is 0.263. The lowest BCUT2D eigenvalue weighted by molar-refractivity contribution is 0.0589. The molecule has 1 aromatic carbocycles. The zero-order valence-corrected chi connectivity index (χ0v) is 12.1. The standard InChI is InChI=1S/C13H11Cl2N3O2/c1-20-13(19)12-10(7-5-6-7)16-17-18(12)11-8(14)3-2-4-9(11)15/h2-4,7H,5-6H2,1H3. The Morgan fingerprint density at radius 1 is 1.35 bits per heavy atom. The van der Waals surface area contributed by atoms with Gasteiger partial charge in [0.25, 0.3) is 0 Å². The van der Waals surface area contributed by atoms with E-state index in [1.54, 1.807) is 18.2 Å². The zero-order valence-electron chi connectivity index (χ0n) is 10.6. The van der Waals surface area contributed by atoms with Gasteiger partial charge in [-0.2, -0.15) is 0 Å². The molecule has 0 aliphatic heterocycles. The van der Waals surface area contributed by atoms with E-state index in [0.29, 0.717) is 27.1 Å². The lowest BCUT2D eigenvalue weighted by Crippen LogP contribution is -2.13. The summed E-state index contributed by atoms with van der Waals surface area (Å²) >= 11 is 12.3. The summed E-state index contributed by atoms with van der Waals surface area (Å²) in [6.45, 7) is 0. The molecular weight excluding hydrogens is 301 g/mol. The molecule has 2 aromatic rings. The number of nitrogens with zero attached hydrogens (tertiary/aromatic N) is 3. The van der Waals surface area contributed by atoms with Gasteiger partial charge >= 0.3 is 5.97 Å². The number of hydrogen-bond acceptors (Lipinski definition) is 4. The fraction of sp³-hybridized carbons (Fsp3) is 0.308. The maximum atomic E-state index is 12.0. The van der Waals surface area contributed by atoms with Gasteiger partial charge in [0.1, 0.15) is 11.4 Å². The van der Waals surface area contributed by atoms with Crippen molar-refractivity contribution in [2.75, 3.05) is 7.11 Å². The molecule has 1 heterocycles. The van der Waals surface area contributed by atoms with Crippen LogP contribution in [-0.2, 0) is 4.74 Å². The quantitative estimate of drug-likeness (QED) is 0.817. The van der Waals surface area contributed by atoms with Gasteiger partial charge in [0, 0.05) is 5.92 Å². The summed E-state index contributed by atoms with van der Waals surface area (Å²) < 4.78 is 6.19. The van der Waals surface area contributed by atoms with Crippen LogP contribution in [0.15, 0.2) is 18.2 Å². The number of carbonyl (C=O) groups is 1. The van der Waals surface area contributed by atoms with E-state index in [4.69, 9.17) is 27.9 Å². The molecule has 0 N–H and O–H groups in total. The fourth-order valence-corrected chi connectivity index (χ4v) is 2.62. The molecule has 0 spiro atoms. The topological polar surface area (TPSA) is 57.0 Å². The van der Waals surface area contributed by atoms with Gasteiger partial charge in [0.2, 0.25) is 0 Å². The largest absolute Gasteiger partial charge is 0.464 e. The van der Waals surface area contributed by atoms with Gasteiger partial charge in [-0.25, -0.2) is 9.48 Å². The molecule has 0 unspecified atom stereocenters. The lowest BCUT2D eigenvalue weighted by atomic mass is 10.2. The number of benzene rings is 1. The van der Waals surface area contributed by atoms with Crippen LogP contribution in [0.3, 0.4) is 0 Å². The van der Waals surface area contributed by atoms with Crippen molar-refractivity contribution in [3.63, 3.8) is 0 Å². The van der Waals surface area contributed by atoms with Crippen molar-refractivity contribution < 1.29 is 9.53 Å². The first kappa shape index (κ1) is 13.4. The first-order valence-electron chi connectivity index (χ1n) is 6.11. The summed E-state index contributed by atoms with van der Waals surface area (Å²) in [5, 5.41) is 8.93. The summed E-state index contributed by atoms with van der Waals surface area (Å²) in [5.74, 6) is -0.230. The smallest absolute Gasteiger partial charge is 0.358 e. The lowest BCUT2D eigenvalue weighted by Gasteiger charge is -2.09. The Balaban J connectivity index is 2.21. The number of methoxy groups -OCH3 is 1. The van der Waals surface area contributed by atoms with Crippen molar-refractivity contribution in [3.05, 3.63) is 39.6 Å². The van der Waals surface area contributed by atoms with Crippen LogP contribution in [0, 0.1) is 0 Å². The maximum Gasteiger partial charge on any atom is 0.358 e. The SMILES string of the molecule is COC(=O)c1c(C2CC2)nnn1-c1c(Cl)cccc1Cl. The highest BCUT2D eigenvalue weighted by Crippen LogP contribution is 2.41. The van der Waals surface area contributed by atoms with E-state index in [0.717, 1.165) is 12.8 Å². The average Bonchev–Trinajstić information content (AvgIpc) is 3.18. The predicted octanol–water partition coefficient (Wildman–Crippen LogP) is 3.24. The number of aromatic nitrogens is 3. The molecule has 1 saturated carbocycles. The molecule has 0 saturated heterocycles. The van der Waals surface area contributed by atoms with Gasteiger partial charge < -0.3 is 4.74 Å². The van der Waals surface area contributed by atoms with E-state index in [1.165, 1.54) is 11.8 Å². The molecule has 1 aliphatic carbocycles. The van der Waals surface area contributed by atoms with Gasteiger partial charge in [0.05, 0.1) is 17.2 Å². The third-order valence-electron chi connectivity index (χ3n) is 3.19. The molecule has 1 aliphatic rings. The van der Waals surface area contributed by atoms with Crippen LogP contribution in [-0.4, -0.2) is 28.1 Å². The number of esters is 1. The highest BCUT2D eigenvalue weighted by molar-refractivity contribution is 6.37. The first-order chi connectivity index (χ1) is 9.63. The second-order valence-corrected chi connectivity index (χ2v) is 5.39. The molecule has 1 fully saturated rings. The van der Waals surface area contributed by atoms with Crippen LogP contribution < -0.4 is 0 Å². The van der Waals surface area contributed by atoms with Gasteiger partial charge in [-0.15, -0.1) is 5.10 Å². The van der Waals surface area contributed by atoms with Gasteiger partial charge in [-0.05, 0) is 25.0 Å². The Hall–Kier alpha value is -1.59. The van der Waals surface area contributed by atoms with Crippen molar-refractivity contribution in [1.29, 1.82) is 0 Å². The van der Waals surface area contributed by atoms with Crippen LogP contribution in [0.5, 0.6) is 0 Å². The van der Waals surface area contributed by atoms with Crippen molar-refractivity contribution in [3.8, 4) is 5.69 Å². The molecule has 0 amide bonds. The Bertz CT molecular complexity index is 660. The van der Waals surface area contributed by atoms with Crippen LogP contribution in [0.2, 0.25) is 10.0 Å². The van der Waals surface area contributed by atoms with Crippen LogP contribution >= 0.6 is 23.2 Å². The fourth-order valence-electron chi connectivity index (χ4n) is 2.06. The second-order valence-electron chi connectivity index (χ2n) is 4.57. The molecule has 104 valence electrons. The van der Waals surface area contributed by atoms with E-state index in [-0.39, 0.29) is 5.92 Å². The first-order valence-corrected chi connectivity index (χ1v) is 6.87. The number of para-hydroxylation sites is 1. The van der Waals surface area contributed by atoms with Crippen molar-refractivity contribution in [2.45, 2.75) is 18.8 Å². The van der Waals surface area contributed by atoms with E-state index >= 15 is 0 Å². The minimum Gasteiger partial charge on any atom is -0.464 e. The molecule has 0 atom stereocenters. The minimum atomic E-state index is -0.493. The Kier molecular flexibility index (Phi) is 3.40. The summed E-state index contributed by atoms with van der Waals surface area (Å²) in [6, 6.07) is 5.09. The molecule has 1 aromatic heterocycles. The molecule has 0 bridgehead atoms. The average molecular weight is 312 g/mol. The number of ether oxygens (including phenoxy) is 1. The summed E-state index contributed by atoms with van der Waals surface area (Å²) in [4.78, 5) is 12.0. The van der Waals surface area contributed by atoms with Gasteiger partial charge in [-0.1, -0.05) is 34.5 Å². The van der Waals surface area contributed by atoms with Crippen LogP contribution in [0.4, 0.5) is 0 Å². The zero-order chi connectivity index (χ0) is 14.3. The highest BCUT2D eigenvalue weighted by atomic mass is 35.5. The summed E-state index contributed by atoms with van der Waals surface area (Å²) in [5.41, 5.74) is 1.38. The second kappa shape index (κ2) is 5.07. The normalized spacial score (nSPS) is 14.3. The monoisotopic (exact) mass is 311 g/mol. The van der Waals surface area contributed by atoms with E-state index in [1.807, 2.05) is 0 Å². The van der Waals surface area contributed by atoms with Crippen molar-refractivity contribution in [1.82, 2.24) is 15.0 Å². The molecule has 5 nitrogen and oxygen atoms in total. The summed E-state index contributed by atoms with van der Waals surface area (Å²) in [7, 11) is 1.32. The van der Waals surface area contributed by atoms with Gasteiger partial charge in [0.15, 0.2) is 5.69 Å².